The van der Waals surface area contributed by atoms with Crippen molar-refractivity contribution < 1.29 is 4.79 Å². The van der Waals surface area contributed by atoms with Gasteiger partial charge in [-0.1, -0.05) is 48.5 Å². The topological polar surface area (TPSA) is 55.1 Å². The summed E-state index contributed by atoms with van der Waals surface area (Å²) < 4.78 is 0. The third kappa shape index (κ3) is 3.13. The molecule has 2 rings (SSSR count). The fourth-order valence-electron chi connectivity index (χ4n) is 2.09. The maximum atomic E-state index is 11.2. The molecule has 2 aromatic carbocycles. The minimum atomic E-state index is -0.521. The van der Waals surface area contributed by atoms with Gasteiger partial charge in [-0.25, -0.2) is 4.79 Å². The van der Waals surface area contributed by atoms with Crippen LogP contribution in [0.25, 0.3) is 0 Å². The lowest BCUT2D eigenvalue weighted by molar-refractivity contribution is 0.247. The van der Waals surface area contributed by atoms with Crippen molar-refractivity contribution in [2.75, 3.05) is 0 Å². The number of hydrogen-bond donors (Lipinski definition) is 2. The van der Waals surface area contributed by atoms with E-state index >= 15 is 0 Å². The van der Waals surface area contributed by atoms with Crippen LogP contribution in [-0.4, -0.2) is 6.03 Å². The van der Waals surface area contributed by atoms with Crippen LogP contribution in [-0.2, 0) is 0 Å². The molecular weight excluding hydrogens is 236 g/mol. The van der Waals surface area contributed by atoms with Crippen LogP contribution in [0.15, 0.2) is 48.5 Å². The Morgan fingerprint density at radius 1 is 1.00 bits per heavy atom. The predicted octanol–water partition coefficient (Wildman–Crippen LogP) is 3.06. The molecule has 3 heteroatoms. The molecule has 0 saturated heterocycles. The summed E-state index contributed by atoms with van der Waals surface area (Å²) >= 11 is 0. The second-order valence-corrected chi connectivity index (χ2v) is 4.70. The third-order valence-corrected chi connectivity index (χ3v) is 3.28. The molecule has 3 nitrogen and oxygen atoms in total. The number of hydrogen-bond acceptors (Lipinski definition) is 1. The van der Waals surface area contributed by atoms with Gasteiger partial charge in [0.25, 0.3) is 0 Å². The first-order chi connectivity index (χ1) is 9.08. The summed E-state index contributed by atoms with van der Waals surface area (Å²) in [7, 11) is 0. The van der Waals surface area contributed by atoms with Crippen molar-refractivity contribution in [3.63, 3.8) is 0 Å². The average molecular weight is 254 g/mol. The first-order valence-corrected chi connectivity index (χ1v) is 6.26. The Kier molecular flexibility index (Phi) is 3.85. The molecule has 3 N–H and O–H groups in total. The standard InChI is InChI=1S/C16H18N2O/c1-11-8-9-14(10-12(11)2)15(18-16(17)19)13-6-4-3-5-7-13/h3-10,15H,1-2H3,(H3,17,18,19)/t15-/m0/s1. The molecule has 2 amide bonds. The molecule has 0 spiro atoms. The summed E-state index contributed by atoms with van der Waals surface area (Å²) in [6, 6.07) is 15.3. The molecule has 0 saturated carbocycles. The number of carbonyl (C=O) groups excluding carboxylic acids is 1. The summed E-state index contributed by atoms with van der Waals surface area (Å²) in [5.41, 5.74) is 9.77. The first-order valence-electron chi connectivity index (χ1n) is 6.26. The zero-order valence-electron chi connectivity index (χ0n) is 11.2. The van der Waals surface area contributed by atoms with Crippen molar-refractivity contribution in [2.45, 2.75) is 19.9 Å². The Hall–Kier alpha value is -2.29. The van der Waals surface area contributed by atoms with E-state index in [0.29, 0.717) is 0 Å². The Labute approximate surface area is 113 Å². The minimum absolute atomic E-state index is 0.210. The van der Waals surface area contributed by atoms with Crippen molar-refractivity contribution in [3.8, 4) is 0 Å². The number of nitrogens with one attached hydrogen (secondary N) is 1. The lowest BCUT2D eigenvalue weighted by Crippen LogP contribution is -2.33. The highest BCUT2D eigenvalue weighted by molar-refractivity contribution is 5.73. The van der Waals surface area contributed by atoms with Crippen molar-refractivity contribution in [1.82, 2.24) is 5.32 Å². The van der Waals surface area contributed by atoms with E-state index in [1.54, 1.807) is 0 Å². The fraction of sp³-hybridized carbons (Fsp3) is 0.188. The summed E-state index contributed by atoms with van der Waals surface area (Å²) in [6.45, 7) is 4.13. The molecular formula is C16H18N2O. The molecule has 0 aromatic heterocycles. The largest absolute Gasteiger partial charge is 0.352 e. The van der Waals surface area contributed by atoms with Gasteiger partial charge in [0.1, 0.15) is 0 Å². The Balaban J connectivity index is 2.42. The number of rotatable bonds is 3. The molecule has 98 valence electrons. The van der Waals surface area contributed by atoms with Crippen molar-refractivity contribution in [1.29, 1.82) is 0 Å². The van der Waals surface area contributed by atoms with Crippen molar-refractivity contribution in [3.05, 3.63) is 70.8 Å². The highest BCUT2D eigenvalue weighted by Gasteiger charge is 2.15. The molecule has 0 aliphatic heterocycles. The van der Waals surface area contributed by atoms with Gasteiger partial charge in [-0.05, 0) is 36.1 Å². The van der Waals surface area contributed by atoms with E-state index in [9.17, 15) is 4.79 Å². The number of nitrogens with two attached hydrogens (primary N) is 1. The maximum Gasteiger partial charge on any atom is 0.312 e. The molecule has 0 radical (unpaired) electrons. The molecule has 1 atom stereocenters. The zero-order valence-corrected chi connectivity index (χ0v) is 11.2. The van der Waals surface area contributed by atoms with E-state index in [1.165, 1.54) is 11.1 Å². The molecule has 0 fully saturated rings. The molecule has 19 heavy (non-hydrogen) atoms. The maximum absolute atomic E-state index is 11.2. The van der Waals surface area contributed by atoms with Gasteiger partial charge >= 0.3 is 6.03 Å². The smallest absolute Gasteiger partial charge is 0.312 e. The van der Waals surface area contributed by atoms with E-state index in [-0.39, 0.29) is 6.04 Å². The predicted molar refractivity (Wildman–Crippen MR) is 76.9 cm³/mol. The second-order valence-electron chi connectivity index (χ2n) is 4.70. The van der Waals surface area contributed by atoms with Crippen LogP contribution in [0.3, 0.4) is 0 Å². The Morgan fingerprint density at radius 2 is 1.68 bits per heavy atom. The average Bonchev–Trinajstić information content (AvgIpc) is 2.40. The van der Waals surface area contributed by atoms with Crippen LogP contribution in [0.2, 0.25) is 0 Å². The third-order valence-electron chi connectivity index (χ3n) is 3.28. The van der Waals surface area contributed by atoms with Crippen LogP contribution in [0.1, 0.15) is 28.3 Å². The molecule has 0 aliphatic carbocycles. The van der Waals surface area contributed by atoms with Crippen molar-refractivity contribution in [2.24, 2.45) is 5.73 Å². The van der Waals surface area contributed by atoms with Crippen LogP contribution in [0.5, 0.6) is 0 Å². The van der Waals surface area contributed by atoms with Gasteiger partial charge in [-0.15, -0.1) is 0 Å². The van der Waals surface area contributed by atoms with Crippen LogP contribution in [0.4, 0.5) is 4.79 Å². The monoisotopic (exact) mass is 254 g/mol. The van der Waals surface area contributed by atoms with Gasteiger partial charge in [-0.3, -0.25) is 0 Å². The summed E-state index contributed by atoms with van der Waals surface area (Å²) in [5.74, 6) is 0. The molecule has 0 unspecified atom stereocenters. The molecule has 0 bridgehead atoms. The number of urea groups is 1. The summed E-state index contributed by atoms with van der Waals surface area (Å²) in [6.07, 6.45) is 0. The number of primary amides is 1. The minimum Gasteiger partial charge on any atom is -0.352 e. The molecule has 0 heterocycles. The van der Waals surface area contributed by atoms with Gasteiger partial charge in [0.15, 0.2) is 0 Å². The number of carbonyl (C=O) groups is 1. The number of aryl methyl sites for hydroxylation is 2. The van der Waals surface area contributed by atoms with E-state index < -0.39 is 6.03 Å². The summed E-state index contributed by atoms with van der Waals surface area (Å²) in [5, 5.41) is 2.80. The zero-order chi connectivity index (χ0) is 13.8. The lowest BCUT2D eigenvalue weighted by Gasteiger charge is -2.19. The highest BCUT2D eigenvalue weighted by Crippen LogP contribution is 2.23. The molecule has 0 aliphatic rings. The van der Waals surface area contributed by atoms with E-state index in [4.69, 9.17) is 5.73 Å². The Bertz CT molecular complexity index is 579. The number of benzene rings is 2. The summed E-state index contributed by atoms with van der Waals surface area (Å²) in [4.78, 5) is 11.2. The normalized spacial score (nSPS) is 11.9. The van der Waals surface area contributed by atoms with E-state index in [2.05, 4.69) is 31.3 Å². The first kappa shape index (κ1) is 13.1. The van der Waals surface area contributed by atoms with Gasteiger partial charge in [-0.2, -0.15) is 0 Å². The second kappa shape index (κ2) is 5.57. The van der Waals surface area contributed by atoms with Crippen LogP contribution in [0, 0.1) is 13.8 Å². The van der Waals surface area contributed by atoms with Crippen LogP contribution >= 0.6 is 0 Å². The quantitative estimate of drug-likeness (QED) is 0.869. The van der Waals surface area contributed by atoms with E-state index in [1.807, 2.05) is 36.4 Å². The van der Waals surface area contributed by atoms with Crippen molar-refractivity contribution >= 4 is 6.03 Å². The van der Waals surface area contributed by atoms with Crippen LogP contribution < -0.4 is 11.1 Å². The van der Waals surface area contributed by atoms with Gasteiger partial charge in [0.2, 0.25) is 0 Å². The highest BCUT2D eigenvalue weighted by atomic mass is 16.2. The molecule has 2 aromatic rings. The van der Waals surface area contributed by atoms with Gasteiger partial charge in [0, 0.05) is 0 Å². The number of amides is 2. The van der Waals surface area contributed by atoms with Gasteiger partial charge in [0.05, 0.1) is 6.04 Å². The fourth-order valence-corrected chi connectivity index (χ4v) is 2.09. The lowest BCUT2D eigenvalue weighted by atomic mass is 9.96. The SMILES string of the molecule is Cc1ccc([C@@H](NC(N)=O)c2ccccc2)cc1C. The van der Waals surface area contributed by atoms with Gasteiger partial charge < -0.3 is 11.1 Å². The van der Waals surface area contributed by atoms with E-state index in [0.717, 1.165) is 11.1 Å². The Morgan fingerprint density at radius 3 is 2.26 bits per heavy atom.